The summed E-state index contributed by atoms with van der Waals surface area (Å²) in [6.45, 7) is 1.67. The lowest BCUT2D eigenvalue weighted by Crippen LogP contribution is -2.28. The van der Waals surface area contributed by atoms with Gasteiger partial charge in [0.05, 0.1) is 11.9 Å². The van der Waals surface area contributed by atoms with Crippen molar-refractivity contribution >= 4 is 45.8 Å². The maximum atomic E-state index is 12.8. The minimum atomic E-state index is -0.360. The van der Waals surface area contributed by atoms with Gasteiger partial charge in [0, 0.05) is 15.7 Å². The lowest BCUT2D eigenvalue weighted by atomic mass is 10.2. The van der Waals surface area contributed by atoms with Crippen LogP contribution in [-0.2, 0) is 11.3 Å². The third-order valence-corrected chi connectivity index (χ3v) is 4.87. The molecule has 1 amide bonds. The molecule has 2 aromatic heterocycles. The summed E-state index contributed by atoms with van der Waals surface area (Å²) in [5.74, 6) is -0.360. The Morgan fingerprint density at radius 1 is 1.14 bits per heavy atom. The Kier molecular flexibility index (Phi) is 5.08. The van der Waals surface area contributed by atoms with Gasteiger partial charge in [-0.2, -0.15) is 5.10 Å². The van der Waals surface area contributed by atoms with E-state index in [0.717, 1.165) is 5.56 Å². The number of rotatable bonds is 4. The monoisotopic (exact) mass is 427 g/mol. The van der Waals surface area contributed by atoms with Crippen LogP contribution in [0.2, 0.25) is 10.0 Å². The van der Waals surface area contributed by atoms with Gasteiger partial charge in [0.25, 0.3) is 5.56 Å². The Labute approximate surface area is 175 Å². The van der Waals surface area contributed by atoms with E-state index in [1.807, 2.05) is 19.1 Å². The van der Waals surface area contributed by atoms with E-state index in [-0.39, 0.29) is 18.0 Å². The van der Waals surface area contributed by atoms with Gasteiger partial charge in [0.15, 0.2) is 5.65 Å². The predicted octanol–water partition coefficient (Wildman–Crippen LogP) is 3.84. The van der Waals surface area contributed by atoms with Crippen LogP contribution in [0.1, 0.15) is 5.56 Å². The molecular weight excluding hydrogens is 413 g/mol. The van der Waals surface area contributed by atoms with Crippen molar-refractivity contribution in [1.82, 2.24) is 19.3 Å². The van der Waals surface area contributed by atoms with Gasteiger partial charge in [-0.15, -0.1) is 0 Å². The summed E-state index contributed by atoms with van der Waals surface area (Å²) in [5, 5.41) is 8.38. The number of hydrogen-bond acceptors (Lipinski definition) is 4. The Morgan fingerprint density at radius 3 is 2.72 bits per heavy atom. The molecule has 2 heterocycles. The molecular formula is C20H15Cl2N5O2. The summed E-state index contributed by atoms with van der Waals surface area (Å²) in [4.78, 5) is 29.5. The van der Waals surface area contributed by atoms with Crippen LogP contribution in [0, 0.1) is 6.92 Å². The van der Waals surface area contributed by atoms with Crippen molar-refractivity contribution < 1.29 is 4.79 Å². The van der Waals surface area contributed by atoms with Crippen LogP contribution in [0.5, 0.6) is 0 Å². The van der Waals surface area contributed by atoms with E-state index in [1.165, 1.54) is 21.8 Å². The molecule has 0 fully saturated rings. The number of carbonyl (C=O) groups is 1. The molecule has 0 saturated heterocycles. The highest BCUT2D eigenvalue weighted by atomic mass is 35.5. The van der Waals surface area contributed by atoms with Gasteiger partial charge < -0.3 is 5.32 Å². The largest absolute Gasteiger partial charge is 0.324 e. The van der Waals surface area contributed by atoms with Gasteiger partial charge in [0.2, 0.25) is 5.91 Å². The average Bonchev–Trinajstić information content (AvgIpc) is 3.12. The number of anilines is 1. The van der Waals surface area contributed by atoms with E-state index in [0.29, 0.717) is 32.5 Å². The quantitative estimate of drug-likeness (QED) is 0.536. The molecule has 2 aromatic carbocycles. The van der Waals surface area contributed by atoms with Crippen LogP contribution in [0.25, 0.3) is 16.7 Å². The molecule has 0 spiro atoms. The minimum Gasteiger partial charge on any atom is -0.324 e. The fourth-order valence-electron chi connectivity index (χ4n) is 2.93. The van der Waals surface area contributed by atoms with E-state index < -0.39 is 0 Å². The first-order valence-corrected chi connectivity index (χ1v) is 9.43. The molecule has 7 nitrogen and oxygen atoms in total. The van der Waals surface area contributed by atoms with E-state index in [2.05, 4.69) is 15.4 Å². The van der Waals surface area contributed by atoms with Crippen molar-refractivity contribution in [2.45, 2.75) is 13.5 Å². The molecule has 0 saturated carbocycles. The zero-order valence-electron chi connectivity index (χ0n) is 15.3. The molecule has 0 bridgehead atoms. The molecule has 146 valence electrons. The number of nitrogens with zero attached hydrogens (tertiary/aromatic N) is 4. The van der Waals surface area contributed by atoms with E-state index in [4.69, 9.17) is 23.2 Å². The summed E-state index contributed by atoms with van der Waals surface area (Å²) >= 11 is 12.0. The Bertz CT molecular complexity index is 1300. The molecule has 4 rings (SSSR count). The topological polar surface area (TPSA) is 81.8 Å². The number of aryl methyl sites for hydroxylation is 1. The Balaban J connectivity index is 1.62. The molecule has 0 aliphatic heterocycles. The first kappa shape index (κ1) is 19.2. The molecule has 1 N–H and O–H groups in total. The number of halogens is 2. The molecule has 0 aliphatic carbocycles. The minimum absolute atomic E-state index is 0.184. The van der Waals surface area contributed by atoms with Crippen molar-refractivity contribution in [3.8, 4) is 5.69 Å². The molecule has 4 aromatic rings. The van der Waals surface area contributed by atoms with Crippen molar-refractivity contribution in [3.05, 3.63) is 81.0 Å². The first-order chi connectivity index (χ1) is 13.9. The number of fused-ring (bicyclic) bond motifs is 1. The highest BCUT2D eigenvalue weighted by molar-refractivity contribution is 6.31. The number of carbonyl (C=O) groups excluding carboxylic acids is 1. The summed E-state index contributed by atoms with van der Waals surface area (Å²) in [7, 11) is 0. The summed E-state index contributed by atoms with van der Waals surface area (Å²) in [6, 6.07) is 12.3. The second kappa shape index (κ2) is 7.69. The number of aromatic nitrogens is 4. The third kappa shape index (κ3) is 3.87. The Morgan fingerprint density at radius 2 is 1.93 bits per heavy atom. The van der Waals surface area contributed by atoms with E-state index >= 15 is 0 Å². The highest BCUT2D eigenvalue weighted by Gasteiger charge is 2.14. The van der Waals surface area contributed by atoms with Crippen LogP contribution in [0.3, 0.4) is 0 Å². The van der Waals surface area contributed by atoms with Crippen molar-refractivity contribution in [2.24, 2.45) is 0 Å². The standard InChI is InChI=1S/C20H15Cl2N5O2/c1-12-5-6-14(22)8-17(12)25-18(28)10-26-11-23-19-16(20(26)29)9-24-27(19)15-4-2-3-13(21)7-15/h2-9,11H,10H2,1H3,(H,25,28). The SMILES string of the molecule is Cc1ccc(Cl)cc1NC(=O)Cn1cnc2c(cnn2-c2cccc(Cl)c2)c1=O. The van der Waals surface area contributed by atoms with Crippen molar-refractivity contribution in [1.29, 1.82) is 0 Å². The van der Waals surface area contributed by atoms with Crippen LogP contribution in [0.15, 0.2) is 59.8 Å². The summed E-state index contributed by atoms with van der Waals surface area (Å²) < 4.78 is 2.77. The second-order valence-electron chi connectivity index (χ2n) is 6.46. The van der Waals surface area contributed by atoms with Gasteiger partial charge in [-0.1, -0.05) is 35.3 Å². The molecule has 0 unspecified atom stereocenters. The maximum absolute atomic E-state index is 12.8. The van der Waals surface area contributed by atoms with Crippen LogP contribution >= 0.6 is 23.2 Å². The van der Waals surface area contributed by atoms with Gasteiger partial charge in [-0.05, 0) is 42.8 Å². The molecule has 29 heavy (non-hydrogen) atoms. The summed E-state index contributed by atoms with van der Waals surface area (Å²) in [5.41, 5.74) is 2.18. The van der Waals surface area contributed by atoms with Crippen molar-refractivity contribution in [2.75, 3.05) is 5.32 Å². The lowest BCUT2D eigenvalue weighted by Gasteiger charge is -2.10. The van der Waals surface area contributed by atoms with Gasteiger partial charge in [0.1, 0.15) is 18.3 Å². The van der Waals surface area contributed by atoms with Crippen molar-refractivity contribution in [3.63, 3.8) is 0 Å². The number of nitrogens with one attached hydrogen (secondary N) is 1. The zero-order valence-corrected chi connectivity index (χ0v) is 16.8. The smallest absolute Gasteiger partial charge is 0.264 e. The first-order valence-electron chi connectivity index (χ1n) is 8.67. The normalized spacial score (nSPS) is 11.0. The van der Waals surface area contributed by atoms with E-state index in [1.54, 1.807) is 30.3 Å². The Hall–Kier alpha value is -3.16. The van der Waals surface area contributed by atoms with Crippen LogP contribution in [0.4, 0.5) is 5.69 Å². The molecule has 0 radical (unpaired) electrons. The van der Waals surface area contributed by atoms with Gasteiger partial charge >= 0.3 is 0 Å². The van der Waals surface area contributed by atoms with E-state index in [9.17, 15) is 9.59 Å². The van der Waals surface area contributed by atoms with Crippen LogP contribution in [-0.4, -0.2) is 25.2 Å². The highest BCUT2D eigenvalue weighted by Crippen LogP contribution is 2.20. The van der Waals surface area contributed by atoms with Gasteiger partial charge in [-0.25, -0.2) is 9.67 Å². The molecule has 9 heteroatoms. The third-order valence-electron chi connectivity index (χ3n) is 4.39. The lowest BCUT2D eigenvalue weighted by molar-refractivity contribution is -0.116. The van der Waals surface area contributed by atoms with Gasteiger partial charge in [-0.3, -0.25) is 14.2 Å². The fraction of sp³-hybridized carbons (Fsp3) is 0.100. The molecule has 0 atom stereocenters. The molecule has 0 aliphatic rings. The number of benzene rings is 2. The number of hydrogen-bond donors (Lipinski definition) is 1. The predicted molar refractivity (Wildman–Crippen MR) is 113 cm³/mol. The zero-order chi connectivity index (χ0) is 20.5. The second-order valence-corrected chi connectivity index (χ2v) is 7.33. The fourth-order valence-corrected chi connectivity index (χ4v) is 3.29. The summed E-state index contributed by atoms with van der Waals surface area (Å²) in [6.07, 6.45) is 2.76. The number of amides is 1. The van der Waals surface area contributed by atoms with Crippen LogP contribution < -0.4 is 10.9 Å². The average molecular weight is 428 g/mol. The maximum Gasteiger partial charge on any atom is 0.264 e.